The summed E-state index contributed by atoms with van der Waals surface area (Å²) in [5.41, 5.74) is 2.47. The lowest BCUT2D eigenvalue weighted by Gasteiger charge is -2.27. The third-order valence-corrected chi connectivity index (χ3v) is 8.69. The molecule has 2 aliphatic rings. The number of amides is 1. The number of fused-ring (bicyclic) bond motifs is 3. The molecular weight excluding hydrogens is 418 g/mol. The predicted molar refractivity (Wildman–Crippen MR) is 124 cm³/mol. The van der Waals surface area contributed by atoms with Gasteiger partial charge >= 0.3 is 12.1 Å². The van der Waals surface area contributed by atoms with Crippen molar-refractivity contribution in [3.63, 3.8) is 0 Å². The number of carbonyl (C=O) groups excluding carboxylic acids is 1. The lowest BCUT2D eigenvalue weighted by molar-refractivity contribution is -0.141. The Morgan fingerprint density at radius 2 is 1.83 bits per heavy atom. The van der Waals surface area contributed by atoms with Gasteiger partial charge in [-0.3, -0.25) is 4.90 Å². The van der Waals surface area contributed by atoms with Crippen molar-refractivity contribution in [2.75, 3.05) is 19.4 Å². The minimum atomic E-state index is -1.02. The first-order valence-electron chi connectivity index (χ1n) is 10.1. The molecule has 0 saturated heterocycles. The minimum absolute atomic E-state index is 0.0150. The van der Waals surface area contributed by atoms with Crippen molar-refractivity contribution in [2.24, 2.45) is 5.92 Å². The number of aliphatic carboxylic acids is 1. The second-order valence-electron chi connectivity index (χ2n) is 8.63. The van der Waals surface area contributed by atoms with Gasteiger partial charge in [-0.25, -0.2) is 9.59 Å². The third kappa shape index (κ3) is 5.24. The molecule has 0 aromatic heterocycles. The number of hydrogen-bond acceptors (Lipinski definition) is 5. The number of nitrogens with zero attached hydrogens (tertiary/aromatic N) is 1. The van der Waals surface area contributed by atoms with Gasteiger partial charge in [-0.05, 0) is 17.0 Å². The highest BCUT2D eigenvalue weighted by Crippen LogP contribution is 2.49. The summed E-state index contributed by atoms with van der Waals surface area (Å²) in [5, 5.41) is 9.60. The van der Waals surface area contributed by atoms with Crippen LogP contribution in [0.5, 0.6) is 0 Å². The van der Waals surface area contributed by atoms with Crippen LogP contribution in [0.4, 0.5) is 4.79 Å². The summed E-state index contributed by atoms with van der Waals surface area (Å²) in [4.78, 5) is 25.6. The summed E-state index contributed by atoms with van der Waals surface area (Å²) in [5.74, 6) is -0.112. The van der Waals surface area contributed by atoms with Gasteiger partial charge in [0.2, 0.25) is 0 Å². The van der Waals surface area contributed by atoms with Gasteiger partial charge in [0.05, 0.1) is 0 Å². The number of likely N-dealkylation sites (N-methyl/N-ethyl adjacent to an activating group) is 1. The second kappa shape index (κ2) is 9.52. The molecule has 162 valence electrons. The van der Waals surface area contributed by atoms with Crippen molar-refractivity contribution >= 4 is 33.7 Å². The summed E-state index contributed by atoms with van der Waals surface area (Å²) in [6.07, 6.45) is 7.87. The van der Waals surface area contributed by atoms with Gasteiger partial charge in [-0.1, -0.05) is 90.9 Å². The van der Waals surface area contributed by atoms with Crippen molar-refractivity contribution in [1.29, 1.82) is 0 Å². The van der Waals surface area contributed by atoms with E-state index in [2.05, 4.69) is 51.1 Å². The Bertz CT molecular complexity index is 846. The van der Waals surface area contributed by atoms with E-state index >= 15 is 0 Å². The van der Waals surface area contributed by atoms with Crippen LogP contribution in [0.2, 0.25) is 0 Å². The van der Waals surface area contributed by atoms with Gasteiger partial charge in [-0.2, -0.15) is 0 Å². The van der Waals surface area contributed by atoms with E-state index < -0.39 is 18.1 Å². The molecule has 4 atom stereocenters. The molecule has 2 aliphatic carbocycles. The van der Waals surface area contributed by atoms with Crippen LogP contribution < -0.4 is 0 Å². The zero-order valence-corrected chi connectivity index (χ0v) is 19.4. The Kier molecular flexibility index (Phi) is 7.24. The van der Waals surface area contributed by atoms with E-state index in [9.17, 15) is 14.7 Å². The molecule has 1 N–H and O–H groups in total. The fraction of sp³-hybridized carbons (Fsp3) is 0.478. The maximum Gasteiger partial charge on any atom is 0.410 e. The third-order valence-electron chi connectivity index (χ3n) is 5.36. The largest absolute Gasteiger partial charge is 0.480 e. The van der Waals surface area contributed by atoms with Crippen molar-refractivity contribution in [3.8, 4) is 0 Å². The number of ether oxygens (including phenoxy) is 1. The summed E-state index contributed by atoms with van der Waals surface area (Å²) < 4.78 is 5.64. The zero-order chi connectivity index (χ0) is 21.9. The summed E-state index contributed by atoms with van der Waals surface area (Å²) in [7, 11) is 4.57. The van der Waals surface area contributed by atoms with Gasteiger partial charge in [0.25, 0.3) is 0 Å². The molecule has 5 nitrogen and oxygen atoms in total. The molecule has 3 rings (SSSR count). The summed E-state index contributed by atoms with van der Waals surface area (Å²) in [6.45, 7) is 6.44. The highest BCUT2D eigenvalue weighted by atomic mass is 33.1. The van der Waals surface area contributed by atoms with Crippen LogP contribution in [0.25, 0.3) is 0 Å². The monoisotopic (exact) mass is 447 g/mol. The van der Waals surface area contributed by atoms with Crippen LogP contribution in [-0.4, -0.2) is 52.3 Å². The highest BCUT2D eigenvalue weighted by Gasteiger charge is 2.39. The van der Waals surface area contributed by atoms with Crippen molar-refractivity contribution in [2.45, 2.75) is 43.4 Å². The van der Waals surface area contributed by atoms with E-state index in [1.54, 1.807) is 10.8 Å². The molecule has 1 aromatic carbocycles. The van der Waals surface area contributed by atoms with Crippen molar-refractivity contribution in [1.82, 2.24) is 4.90 Å². The summed E-state index contributed by atoms with van der Waals surface area (Å²) in [6, 6.07) is 7.34. The average Bonchev–Trinajstić information content (AvgIpc) is 3.02. The molecule has 7 heteroatoms. The maximum absolute atomic E-state index is 12.7. The lowest BCUT2D eigenvalue weighted by atomic mass is 9.84. The maximum atomic E-state index is 12.7. The Labute approximate surface area is 186 Å². The SMILES string of the molecule is CN(C(=O)OCC1c2ccccc2C2C=CC=CC21)[C@@H](CSSC(C)(C)C)C(=O)O. The standard InChI is InChI=1S/C23H29NO4S2/c1-23(2,3)30-29-14-20(21(25)26)24(4)22(27)28-13-19-17-11-7-5-9-15(17)16-10-6-8-12-18(16)19/h5-12,15,17,19-20H,13-14H2,1-4H3,(H,25,26)/t15?,17?,19?,20-/m0/s1. The summed E-state index contributed by atoms with van der Waals surface area (Å²) >= 11 is 0. The molecule has 1 aromatic rings. The topological polar surface area (TPSA) is 66.8 Å². The smallest absolute Gasteiger partial charge is 0.410 e. The van der Waals surface area contributed by atoms with E-state index in [0.29, 0.717) is 11.7 Å². The average molecular weight is 448 g/mol. The number of carbonyl (C=O) groups is 2. The van der Waals surface area contributed by atoms with Crippen molar-refractivity contribution < 1.29 is 19.4 Å². The molecule has 1 amide bonds. The zero-order valence-electron chi connectivity index (χ0n) is 17.8. The molecule has 0 aliphatic heterocycles. The predicted octanol–water partition coefficient (Wildman–Crippen LogP) is 5.31. The number of carboxylic acids is 1. The molecule has 0 spiro atoms. The van der Waals surface area contributed by atoms with E-state index in [1.807, 2.05) is 18.2 Å². The van der Waals surface area contributed by atoms with Gasteiger partial charge in [0.1, 0.15) is 12.6 Å². The Hall–Kier alpha value is -1.86. The van der Waals surface area contributed by atoms with E-state index in [1.165, 1.54) is 33.9 Å². The van der Waals surface area contributed by atoms with Crippen LogP contribution in [0.15, 0.2) is 48.6 Å². The molecule has 30 heavy (non-hydrogen) atoms. The second-order valence-corrected chi connectivity index (χ2v) is 11.8. The number of rotatable bonds is 7. The Morgan fingerprint density at radius 3 is 2.50 bits per heavy atom. The Morgan fingerprint density at radius 1 is 1.17 bits per heavy atom. The lowest BCUT2D eigenvalue weighted by Crippen LogP contribution is -2.44. The van der Waals surface area contributed by atoms with E-state index in [-0.39, 0.29) is 23.2 Å². The van der Waals surface area contributed by atoms with Gasteiger partial charge in [0, 0.05) is 29.4 Å². The number of allylic oxidation sites excluding steroid dienone is 4. The number of carboxylic acid groups (broad SMARTS) is 1. The van der Waals surface area contributed by atoms with E-state index in [4.69, 9.17) is 4.74 Å². The van der Waals surface area contributed by atoms with E-state index in [0.717, 1.165) is 0 Å². The van der Waals surface area contributed by atoms with Gasteiger partial charge in [0.15, 0.2) is 0 Å². The fourth-order valence-electron chi connectivity index (χ4n) is 3.89. The van der Waals surface area contributed by atoms with Crippen molar-refractivity contribution in [3.05, 3.63) is 59.7 Å². The molecule has 0 bridgehead atoms. The van der Waals surface area contributed by atoms with Crippen LogP contribution in [0.3, 0.4) is 0 Å². The molecule has 3 unspecified atom stereocenters. The minimum Gasteiger partial charge on any atom is -0.480 e. The molecular formula is C23H29NO4S2. The van der Waals surface area contributed by atoms with Crippen LogP contribution >= 0.6 is 21.6 Å². The fourth-order valence-corrected chi connectivity index (χ4v) is 6.46. The quantitative estimate of drug-likeness (QED) is 0.571. The van der Waals surface area contributed by atoms with Crippen LogP contribution in [-0.2, 0) is 9.53 Å². The Balaban J connectivity index is 1.63. The van der Waals surface area contributed by atoms with Crippen LogP contribution in [0.1, 0.15) is 43.7 Å². The first-order valence-corrected chi connectivity index (χ1v) is 12.4. The molecule has 0 saturated carbocycles. The highest BCUT2D eigenvalue weighted by molar-refractivity contribution is 8.77. The van der Waals surface area contributed by atoms with Crippen LogP contribution in [0, 0.1) is 5.92 Å². The van der Waals surface area contributed by atoms with Gasteiger partial charge < -0.3 is 9.84 Å². The number of benzene rings is 1. The molecule has 0 fully saturated rings. The van der Waals surface area contributed by atoms with Gasteiger partial charge in [-0.15, -0.1) is 0 Å². The number of hydrogen-bond donors (Lipinski definition) is 1. The first-order chi connectivity index (χ1) is 14.2. The molecule has 0 radical (unpaired) electrons. The molecule has 0 heterocycles. The first kappa shape index (κ1) is 22.8. The normalized spacial score (nSPS) is 22.9.